The van der Waals surface area contributed by atoms with Crippen LogP contribution in [0, 0.1) is 12.8 Å². The van der Waals surface area contributed by atoms with Crippen LogP contribution in [0.3, 0.4) is 0 Å². The zero-order chi connectivity index (χ0) is 21.5. The van der Waals surface area contributed by atoms with E-state index in [-0.39, 0.29) is 29.4 Å². The van der Waals surface area contributed by atoms with Gasteiger partial charge >= 0.3 is 0 Å². The predicted molar refractivity (Wildman–Crippen MR) is 119 cm³/mol. The van der Waals surface area contributed by atoms with E-state index in [0.717, 1.165) is 21.9 Å². The van der Waals surface area contributed by atoms with Gasteiger partial charge in [-0.3, -0.25) is 14.4 Å². The van der Waals surface area contributed by atoms with E-state index in [1.165, 1.54) is 23.1 Å². The van der Waals surface area contributed by atoms with Crippen LogP contribution in [0.1, 0.15) is 30.5 Å². The summed E-state index contributed by atoms with van der Waals surface area (Å²) in [5.74, 6) is -0.249. The average Bonchev–Trinajstić information content (AvgIpc) is 3.10. The summed E-state index contributed by atoms with van der Waals surface area (Å²) in [6, 6.07) is 9.99. The molecule has 9 heteroatoms. The van der Waals surface area contributed by atoms with Crippen LogP contribution in [0.15, 0.2) is 34.5 Å². The third-order valence-corrected chi connectivity index (χ3v) is 7.48. The number of aromatic nitrogens is 1. The number of nitrogens with zero attached hydrogens (tertiary/aromatic N) is 2. The first-order valence-electron chi connectivity index (χ1n) is 9.93. The number of carbonyl (C=O) groups is 3. The number of likely N-dealkylation sites (tertiary alicyclic amines) is 1. The maximum absolute atomic E-state index is 12.6. The third-order valence-electron chi connectivity index (χ3n) is 5.02. The number of amides is 3. The maximum atomic E-state index is 12.6. The molecule has 2 aromatic rings. The molecule has 1 fully saturated rings. The van der Waals surface area contributed by atoms with Crippen LogP contribution < -0.4 is 11.1 Å². The van der Waals surface area contributed by atoms with E-state index >= 15 is 0 Å². The molecule has 1 aromatic carbocycles. The van der Waals surface area contributed by atoms with Crippen molar-refractivity contribution in [3.8, 4) is 0 Å². The maximum Gasteiger partial charge on any atom is 0.229 e. The van der Waals surface area contributed by atoms with Gasteiger partial charge in [-0.25, -0.2) is 4.98 Å². The fourth-order valence-electron chi connectivity index (χ4n) is 3.36. The summed E-state index contributed by atoms with van der Waals surface area (Å²) in [6.45, 7) is 3.04. The molecular formula is C21H26N4O3S2. The van der Waals surface area contributed by atoms with Gasteiger partial charge in [0, 0.05) is 25.4 Å². The Morgan fingerprint density at radius 2 is 1.93 bits per heavy atom. The van der Waals surface area contributed by atoms with Gasteiger partial charge < -0.3 is 16.0 Å². The summed E-state index contributed by atoms with van der Waals surface area (Å²) in [7, 11) is 0. The molecule has 0 spiro atoms. The van der Waals surface area contributed by atoms with Gasteiger partial charge in [0.05, 0.1) is 15.7 Å². The molecule has 7 nitrogen and oxygen atoms in total. The van der Waals surface area contributed by atoms with Crippen molar-refractivity contribution >= 4 is 46.0 Å². The fraction of sp³-hybridized carbons (Fsp3) is 0.429. The number of thioether (sulfide) groups is 1. The fourth-order valence-corrected chi connectivity index (χ4v) is 5.24. The number of aryl methyl sites for hydroxylation is 2. The van der Waals surface area contributed by atoms with Gasteiger partial charge in [0.25, 0.3) is 0 Å². The van der Waals surface area contributed by atoms with Crippen molar-refractivity contribution < 1.29 is 14.4 Å². The second-order valence-electron chi connectivity index (χ2n) is 7.28. The minimum atomic E-state index is -0.386. The molecule has 0 saturated carbocycles. The summed E-state index contributed by atoms with van der Waals surface area (Å²) < 4.78 is 0.878. The number of nitrogens with one attached hydrogen (secondary N) is 1. The van der Waals surface area contributed by atoms with Crippen LogP contribution in [0.2, 0.25) is 0 Å². The highest BCUT2D eigenvalue weighted by Crippen LogP contribution is 2.32. The molecule has 0 aliphatic carbocycles. The second kappa shape index (κ2) is 10.6. The van der Waals surface area contributed by atoms with Crippen LogP contribution in [0.5, 0.6) is 0 Å². The largest absolute Gasteiger partial charge is 0.369 e. The van der Waals surface area contributed by atoms with Gasteiger partial charge in [0.1, 0.15) is 0 Å². The van der Waals surface area contributed by atoms with Gasteiger partial charge in [-0.1, -0.05) is 41.7 Å². The van der Waals surface area contributed by atoms with Gasteiger partial charge in [-0.15, -0.1) is 11.8 Å². The van der Waals surface area contributed by atoms with E-state index in [0.29, 0.717) is 37.5 Å². The van der Waals surface area contributed by atoms with E-state index in [1.807, 2.05) is 42.2 Å². The lowest BCUT2D eigenvalue weighted by atomic mass is 9.95. The summed E-state index contributed by atoms with van der Waals surface area (Å²) in [5, 5.41) is 3.42. The number of hydrogen-bond donors (Lipinski definition) is 2. The van der Waals surface area contributed by atoms with Crippen molar-refractivity contribution in [2.24, 2.45) is 11.7 Å². The zero-order valence-electron chi connectivity index (χ0n) is 16.9. The van der Waals surface area contributed by atoms with Crippen LogP contribution in [-0.4, -0.2) is 46.4 Å². The number of piperidine rings is 1. The molecule has 3 rings (SSSR count). The first-order chi connectivity index (χ1) is 14.4. The standard InChI is InChI=1S/C21H26N4O3S2/c1-14-20(29-13-17(22)26)30-21(23-14)24-19(28)16-9-11-25(12-10-16)18(27)8-7-15-5-3-2-4-6-15/h2-6,16H,7-13H2,1H3,(H2,22,26)(H,23,24,28). The van der Waals surface area contributed by atoms with Crippen LogP contribution in [-0.2, 0) is 20.8 Å². The van der Waals surface area contributed by atoms with Crippen LogP contribution in [0.4, 0.5) is 5.13 Å². The van der Waals surface area contributed by atoms with Crippen molar-refractivity contribution in [1.82, 2.24) is 9.88 Å². The molecule has 0 unspecified atom stereocenters. The Bertz CT molecular complexity index is 893. The normalized spacial score (nSPS) is 14.5. The Balaban J connectivity index is 1.44. The first-order valence-corrected chi connectivity index (χ1v) is 11.7. The molecular weight excluding hydrogens is 420 g/mol. The van der Waals surface area contributed by atoms with Crippen molar-refractivity contribution in [3.63, 3.8) is 0 Å². The van der Waals surface area contributed by atoms with Crippen LogP contribution in [0.25, 0.3) is 0 Å². The average molecular weight is 447 g/mol. The van der Waals surface area contributed by atoms with E-state index in [2.05, 4.69) is 10.3 Å². The number of rotatable bonds is 8. The van der Waals surface area contributed by atoms with E-state index in [4.69, 9.17) is 5.73 Å². The summed E-state index contributed by atoms with van der Waals surface area (Å²) in [5.41, 5.74) is 7.12. The lowest BCUT2D eigenvalue weighted by Crippen LogP contribution is -2.41. The summed E-state index contributed by atoms with van der Waals surface area (Å²) in [6.07, 6.45) is 2.53. The van der Waals surface area contributed by atoms with Crippen LogP contribution >= 0.6 is 23.1 Å². The first kappa shape index (κ1) is 22.3. The minimum Gasteiger partial charge on any atom is -0.369 e. The van der Waals surface area contributed by atoms with Gasteiger partial charge in [0.2, 0.25) is 17.7 Å². The monoisotopic (exact) mass is 446 g/mol. The molecule has 30 heavy (non-hydrogen) atoms. The molecule has 0 bridgehead atoms. The molecule has 1 aromatic heterocycles. The van der Waals surface area contributed by atoms with Gasteiger partial charge in [-0.2, -0.15) is 0 Å². The molecule has 2 heterocycles. The number of hydrogen-bond acceptors (Lipinski definition) is 6. The quantitative estimate of drug-likeness (QED) is 0.607. The van der Waals surface area contributed by atoms with Crippen molar-refractivity contribution in [2.45, 2.75) is 36.8 Å². The summed E-state index contributed by atoms with van der Waals surface area (Å²) >= 11 is 2.68. The molecule has 1 saturated heterocycles. The van der Waals surface area contributed by atoms with E-state index < -0.39 is 0 Å². The lowest BCUT2D eigenvalue weighted by Gasteiger charge is -2.31. The van der Waals surface area contributed by atoms with Crippen molar-refractivity contribution in [1.29, 1.82) is 0 Å². The SMILES string of the molecule is Cc1nc(NC(=O)C2CCN(C(=O)CCc3ccccc3)CC2)sc1SCC(N)=O. The highest BCUT2D eigenvalue weighted by molar-refractivity contribution is 8.01. The zero-order valence-corrected chi connectivity index (χ0v) is 18.6. The van der Waals surface area contributed by atoms with Crippen molar-refractivity contribution in [3.05, 3.63) is 41.6 Å². The molecule has 160 valence electrons. The predicted octanol–water partition coefficient (Wildman–Crippen LogP) is 2.84. The number of carbonyl (C=O) groups excluding carboxylic acids is 3. The Morgan fingerprint density at radius 3 is 2.60 bits per heavy atom. The Labute approximate surface area is 184 Å². The molecule has 0 atom stereocenters. The number of anilines is 1. The number of nitrogens with two attached hydrogens (primary N) is 1. The minimum absolute atomic E-state index is 0.0633. The number of primary amides is 1. The number of benzene rings is 1. The lowest BCUT2D eigenvalue weighted by molar-refractivity contribution is -0.134. The summed E-state index contributed by atoms with van der Waals surface area (Å²) in [4.78, 5) is 42.3. The molecule has 0 radical (unpaired) electrons. The topological polar surface area (TPSA) is 105 Å². The molecule has 1 aliphatic heterocycles. The highest BCUT2D eigenvalue weighted by atomic mass is 32.2. The molecule has 3 N–H and O–H groups in total. The number of thiazole rings is 1. The second-order valence-corrected chi connectivity index (χ2v) is 9.52. The van der Waals surface area contributed by atoms with Crippen molar-refractivity contribution in [2.75, 3.05) is 24.2 Å². The van der Waals surface area contributed by atoms with E-state index in [1.54, 1.807) is 0 Å². The Morgan fingerprint density at radius 1 is 1.23 bits per heavy atom. The molecule has 1 aliphatic rings. The Kier molecular flexibility index (Phi) is 7.87. The van der Waals surface area contributed by atoms with Gasteiger partial charge in [-0.05, 0) is 31.7 Å². The molecule has 3 amide bonds. The smallest absolute Gasteiger partial charge is 0.229 e. The van der Waals surface area contributed by atoms with Gasteiger partial charge in [0.15, 0.2) is 5.13 Å². The highest BCUT2D eigenvalue weighted by Gasteiger charge is 2.27. The van der Waals surface area contributed by atoms with E-state index in [9.17, 15) is 14.4 Å². The Hall–Kier alpha value is -2.39. The third kappa shape index (κ3) is 6.30.